The van der Waals surface area contributed by atoms with Gasteiger partial charge in [-0.1, -0.05) is 36.4 Å². The zero-order chi connectivity index (χ0) is 20.1. The quantitative estimate of drug-likeness (QED) is 0.631. The number of carbonyl (C=O) groups excluding carboxylic acids is 2. The molecule has 0 fully saturated rings. The number of nitrogens with zero attached hydrogens (tertiary/aromatic N) is 1. The van der Waals surface area contributed by atoms with Crippen LogP contribution in [0, 0.1) is 18.3 Å². The van der Waals surface area contributed by atoms with Crippen LogP contribution in [0.15, 0.2) is 42.5 Å². The van der Waals surface area contributed by atoms with Crippen LogP contribution in [-0.4, -0.2) is 25.1 Å². The first-order valence-corrected chi connectivity index (χ1v) is 9.47. The fourth-order valence-electron chi connectivity index (χ4n) is 2.76. The van der Waals surface area contributed by atoms with Crippen molar-refractivity contribution < 1.29 is 19.1 Å². The molecule has 0 aliphatic carbocycles. The highest BCUT2D eigenvalue weighted by atomic mass is 32.1. The molecule has 3 rings (SSSR count). The van der Waals surface area contributed by atoms with Gasteiger partial charge in [0.2, 0.25) is 0 Å². The fraction of sp³-hybridized carbons (Fsp3) is 0.190. The summed E-state index contributed by atoms with van der Waals surface area (Å²) >= 11 is 1.03. The van der Waals surface area contributed by atoms with Gasteiger partial charge in [0.1, 0.15) is 21.7 Å². The van der Waals surface area contributed by atoms with Gasteiger partial charge in [-0.05, 0) is 30.9 Å². The lowest BCUT2D eigenvalue weighted by Crippen LogP contribution is -2.20. The highest BCUT2D eigenvalue weighted by Gasteiger charge is 2.22. The number of fused-ring (bicyclic) bond motifs is 1. The molecule has 1 heterocycles. The summed E-state index contributed by atoms with van der Waals surface area (Å²) in [7, 11) is 0. The van der Waals surface area contributed by atoms with Gasteiger partial charge in [-0.15, -0.1) is 11.3 Å². The highest BCUT2D eigenvalue weighted by molar-refractivity contribution is 7.18. The number of ether oxygens (including phenoxy) is 2. The standard InChI is InChI=1S/C21H18N2O4S/c1-3-26-21(25)19-13(2)16(11-22)20(28-19)23-18(24)12-27-17-10-6-8-14-7-4-5-9-15(14)17/h4-10H,3,12H2,1-2H3,(H,23,24). The largest absolute Gasteiger partial charge is 0.483 e. The van der Waals surface area contributed by atoms with Crippen molar-refractivity contribution in [1.29, 1.82) is 5.26 Å². The summed E-state index contributed by atoms with van der Waals surface area (Å²) < 4.78 is 10.7. The van der Waals surface area contributed by atoms with E-state index in [4.69, 9.17) is 9.47 Å². The summed E-state index contributed by atoms with van der Waals surface area (Å²) in [6.07, 6.45) is 0. The predicted molar refractivity (Wildman–Crippen MR) is 108 cm³/mol. The van der Waals surface area contributed by atoms with Crippen LogP contribution in [0.5, 0.6) is 5.75 Å². The molecule has 2 aromatic carbocycles. The van der Waals surface area contributed by atoms with Crippen molar-refractivity contribution in [1.82, 2.24) is 0 Å². The average molecular weight is 394 g/mol. The minimum atomic E-state index is -0.506. The van der Waals surface area contributed by atoms with E-state index in [1.807, 2.05) is 42.5 Å². The number of carbonyl (C=O) groups is 2. The van der Waals surface area contributed by atoms with Crippen LogP contribution in [0.4, 0.5) is 5.00 Å². The normalized spacial score (nSPS) is 10.3. The smallest absolute Gasteiger partial charge is 0.348 e. The molecular weight excluding hydrogens is 376 g/mol. The lowest BCUT2D eigenvalue weighted by Gasteiger charge is -2.09. The third-order valence-corrected chi connectivity index (χ3v) is 5.27. The number of hydrogen-bond acceptors (Lipinski definition) is 6. The van der Waals surface area contributed by atoms with Crippen LogP contribution in [0.25, 0.3) is 10.8 Å². The maximum absolute atomic E-state index is 12.4. The van der Waals surface area contributed by atoms with Gasteiger partial charge in [0.05, 0.1) is 12.2 Å². The van der Waals surface area contributed by atoms with E-state index in [1.54, 1.807) is 19.9 Å². The van der Waals surface area contributed by atoms with E-state index in [1.165, 1.54) is 0 Å². The molecule has 6 nitrogen and oxygen atoms in total. The first kappa shape index (κ1) is 19.4. The number of esters is 1. The number of thiophene rings is 1. The summed E-state index contributed by atoms with van der Waals surface area (Å²) in [6.45, 7) is 3.38. The third-order valence-electron chi connectivity index (χ3n) is 4.08. The van der Waals surface area contributed by atoms with Crippen molar-refractivity contribution in [2.24, 2.45) is 0 Å². The molecule has 0 saturated carbocycles. The van der Waals surface area contributed by atoms with Gasteiger partial charge in [-0.25, -0.2) is 4.79 Å². The Morgan fingerprint density at radius 1 is 1.18 bits per heavy atom. The second-order valence-electron chi connectivity index (χ2n) is 5.91. The summed E-state index contributed by atoms with van der Waals surface area (Å²) in [4.78, 5) is 24.7. The molecular formula is C21H18N2O4S. The van der Waals surface area contributed by atoms with E-state index >= 15 is 0 Å². The second kappa shape index (κ2) is 8.55. The molecule has 0 spiro atoms. The Labute approximate surface area is 166 Å². The van der Waals surface area contributed by atoms with E-state index in [9.17, 15) is 14.9 Å². The number of hydrogen-bond donors (Lipinski definition) is 1. The van der Waals surface area contributed by atoms with Crippen molar-refractivity contribution in [3.05, 3.63) is 58.5 Å². The van der Waals surface area contributed by atoms with Crippen molar-refractivity contribution in [3.63, 3.8) is 0 Å². The second-order valence-corrected chi connectivity index (χ2v) is 6.93. The lowest BCUT2D eigenvalue weighted by molar-refractivity contribution is -0.118. The van der Waals surface area contributed by atoms with Gasteiger partial charge in [0, 0.05) is 5.39 Å². The number of amides is 1. The number of rotatable bonds is 6. The van der Waals surface area contributed by atoms with Crippen LogP contribution in [0.3, 0.4) is 0 Å². The fourth-order valence-corrected chi connectivity index (χ4v) is 3.82. The Morgan fingerprint density at radius 2 is 1.93 bits per heavy atom. The summed E-state index contributed by atoms with van der Waals surface area (Å²) in [5.41, 5.74) is 0.753. The molecule has 1 N–H and O–H groups in total. The molecule has 28 heavy (non-hydrogen) atoms. The SMILES string of the molecule is CCOC(=O)c1sc(NC(=O)COc2cccc3ccccc23)c(C#N)c1C. The Kier molecular flexibility index (Phi) is 5.92. The molecule has 0 unspecified atom stereocenters. The van der Waals surface area contributed by atoms with E-state index in [0.717, 1.165) is 22.1 Å². The molecule has 0 bridgehead atoms. The monoisotopic (exact) mass is 394 g/mol. The molecule has 0 saturated heterocycles. The van der Waals surface area contributed by atoms with Crippen LogP contribution in [0.2, 0.25) is 0 Å². The van der Waals surface area contributed by atoms with Crippen LogP contribution in [-0.2, 0) is 9.53 Å². The van der Waals surface area contributed by atoms with E-state index < -0.39 is 11.9 Å². The highest BCUT2D eigenvalue weighted by Crippen LogP contribution is 2.33. The minimum Gasteiger partial charge on any atom is -0.483 e. The zero-order valence-corrected chi connectivity index (χ0v) is 16.3. The van der Waals surface area contributed by atoms with Gasteiger partial charge >= 0.3 is 5.97 Å². The Balaban J connectivity index is 1.74. The number of nitrogens with one attached hydrogen (secondary N) is 1. The molecule has 0 atom stereocenters. The van der Waals surface area contributed by atoms with Crippen molar-refractivity contribution >= 4 is 39.0 Å². The predicted octanol–water partition coefficient (Wildman–Crippen LogP) is 4.28. The molecule has 142 valence electrons. The lowest BCUT2D eigenvalue weighted by atomic mass is 10.1. The Morgan fingerprint density at radius 3 is 2.68 bits per heavy atom. The van der Waals surface area contributed by atoms with Gasteiger partial charge in [-0.2, -0.15) is 5.26 Å². The molecule has 3 aromatic rings. The van der Waals surface area contributed by atoms with Gasteiger partial charge < -0.3 is 14.8 Å². The number of anilines is 1. The molecule has 0 aliphatic heterocycles. The van der Waals surface area contributed by atoms with Crippen LogP contribution >= 0.6 is 11.3 Å². The Bertz CT molecular complexity index is 1080. The maximum atomic E-state index is 12.4. The van der Waals surface area contributed by atoms with E-state index in [-0.39, 0.29) is 18.8 Å². The van der Waals surface area contributed by atoms with E-state index in [0.29, 0.717) is 21.2 Å². The first-order valence-electron chi connectivity index (χ1n) is 8.66. The minimum absolute atomic E-state index is 0.218. The van der Waals surface area contributed by atoms with Crippen molar-refractivity contribution in [3.8, 4) is 11.8 Å². The summed E-state index contributed by atoms with van der Waals surface area (Å²) in [5, 5.41) is 14.3. The van der Waals surface area contributed by atoms with Crippen molar-refractivity contribution in [2.45, 2.75) is 13.8 Å². The van der Waals surface area contributed by atoms with Crippen molar-refractivity contribution in [2.75, 3.05) is 18.5 Å². The van der Waals surface area contributed by atoms with Gasteiger partial charge in [0.25, 0.3) is 5.91 Å². The summed E-state index contributed by atoms with van der Waals surface area (Å²) in [6, 6.07) is 15.4. The van der Waals surface area contributed by atoms with Crippen LogP contribution in [0.1, 0.15) is 27.7 Å². The Hall–Kier alpha value is -3.37. The van der Waals surface area contributed by atoms with Crippen LogP contribution < -0.4 is 10.1 Å². The maximum Gasteiger partial charge on any atom is 0.348 e. The summed E-state index contributed by atoms with van der Waals surface area (Å²) in [5.74, 6) is -0.321. The molecule has 1 aromatic heterocycles. The average Bonchev–Trinajstić information content (AvgIpc) is 3.01. The molecule has 1 amide bonds. The third kappa shape index (κ3) is 3.97. The van der Waals surface area contributed by atoms with Gasteiger partial charge in [-0.3, -0.25) is 4.79 Å². The number of benzene rings is 2. The molecule has 0 radical (unpaired) electrons. The topological polar surface area (TPSA) is 88.4 Å². The zero-order valence-electron chi connectivity index (χ0n) is 15.4. The molecule has 7 heteroatoms. The first-order chi connectivity index (χ1) is 13.5. The number of nitriles is 1. The van der Waals surface area contributed by atoms with E-state index in [2.05, 4.69) is 5.32 Å². The van der Waals surface area contributed by atoms with Gasteiger partial charge in [0.15, 0.2) is 6.61 Å². The molecule has 0 aliphatic rings.